The zero-order valence-electron chi connectivity index (χ0n) is 13.5. The first-order chi connectivity index (χ1) is 10.5. The highest BCUT2D eigenvalue weighted by Crippen LogP contribution is 2.17. The summed E-state index contributed by atoms with van der Waals surface area (Å²) in [6.45, 7) is 7.83. The molecule has 0 saturated heterocycles. The number of alkyl carbamates (subject to hydrolysis) is 1. The number of aromatic nitrogens is 1. The van der Waals surface area contributed by atoms with E-state index in [1.54, 1.807) is 0 Å². The number of benzene rings is 1. The molecule has 0 fully saturated rings. The minimum atomic E-state index is -0.447. The van der Waals surface area contributed by atoms with Gasteiger partial charge in [-0.1, -0.05) is 18.2 Å². The number of hydrogen-bond acceptors (Lipinski definition) is 3. The second-order valence-electron chi connectivity index (χ2n) is 6.32. The number of aromatic amines is 1. The van der Waals surface area contributed by atoms with Crippen molar-refractivity contribution in [3.8, 4) is 0 Å². The summed E-state index contributed by atoms with van der Waals surface area (Å²) in [6.07, 6.45) is 2.54. The van der Waals surface area contributed by atoms with E-state index in [0.29, 0.717) is 6.54 Å². The van der Waals surface area contributed by atoms with Gasteiger partial charge in [0.2, 0.25) is 0 Å². The largest absolute Gasteiger partial charge is 0.444 e. The first-order valence-electron chi connectivity index (χ1n) is 7.68. The van der Waals surface area contributed by atoms with Gasteiger partial charge in [0, 0.05) is 30.2 Å². The molecule has 0 aliphatic heterocycles. The Bertz CT molecular complexity index is 614. The molecule has 0 aliphatic carbocycles. The van der Waals surface area contributed by atoms with Gasteiger partial charge in [0.05, 0.1) is 0 Å². The maximum Gasteiger partial charge on any atom is 0.407 e. The number of carbonyl (C=O) groups excluding carboxylic acids is 1. The standard InChI is InChI=1S/C17H25N3O2/c1-17(2,3)22-16(21)19-10-6-9-18-11-13-12-20-15-8-5-4-7-14(13)15/h4-5,7-8,12,18,20H,6,9-11H2,1-3H3,(H,19,21). The Hall–Kier alpha value is -2.01. The van der Waals surface area contributed by atoms with Crippen LogP contribution < -0.4 is 10.6 Å². The number of ether oxygens (including phenoxy) is 1. The minimum absolute atomic E-state index is 0.357. The predicted octanol–water partition coefficient (Wildman–Crippen LogP) is 3.17. The zero-order valence-corrected chi connectivity index (χ0v) is 13.5. The van der Waals surface area contributed by atoms with E-state index in [2.05, 4.69) is 27.8 Å². The molecule has 120 valence electrons. The highest BCUT2D eigenvalue weighted by molar-refractivity contribution is 5.82. The van der Waals surface area contributed by atoms with E-state index >= 15 is 0 Å². The fourth-order valence-electron chi connectivity index (χ4n) is 2.22. The Morgan fingerprint density at radius 3 is 2.77 bits per heavy atom. The van der Waals surface area contributed by atoms with Gasteiger partial charge in [0.15, 0.2) is 0 Å². The molecule has 0 saturated carbocycles. The smallest absolute Gasteiger partial charge is 0.407 e. The molecule has 0 atom stereocenters. The molecule has 0 spiro atoms. The molecular weight excluding hydrogens is 278 g/mol. The maximum atomic E-state index is 11.5. The number of H-pyrrole nitrogens is 1. The Labute approximate surface area is 131 Å². The van der Waals surface area contributed by atoms with Gasteiger partial charge in [-0.3, -0.25) is 0 Å². The molecule has 2 aromatic rings. The van der Waals surface area contributed by atoms with Gasteiger partial charge < -0.3 is 20.4 Å². The fourth-order valence-corrected chi connectivity index (χ4v) is 2.22. The Morgan fingerprint density at radius 2 is 2.00 bits per heavy atom. The number of para-hydroxylation sites is 1. The molecule has 0 aliphatic rings. The van der Waals surface area contributed by atoms with Crippen molar-refractivity contribution in [3.63, 3.8) is 0 Å². The van der Waals surface area contributed by atoms with Gasteiger partial charge in [-0.2, -0.15) is 0 Å². The van der Waals surface area contributed by atoms with E-state index in [0.717, 1.165) is 25.0 Å². The molecule has 1 amide bonds. The lowest BCUT2D eigenvalue weighted by molar-refractivity contribution is 0.0527. The van der Waals surface area contributed by atoms with Crippen LogP contribution in [0.25, 0.3) is 10.9 Å². The average Bonchev–Trinajstić information content (AvgIpc) is 2.84. The van der Waals surface area contributed by atoms with Crippen molar-refractivity contribution in [2.24, 2.45) is 0 Å². The summed E-state index contributed by atoms with van der Waals surface area (Å²) in [4.78, 5) is 14.7. The first-order valence-corrected chi connectivity index (χ1v) is 7.68. The molecule has 0 bridgehead atoms. The number of nitrogens with one attached hydrogen (secondary N) is 3. The normalized spacial score (nSPS) is 11.6. The maximum absolute atomic E-state index is 11.5. The highest BCUT2D eigenvalue weighted by atomic mass is 16.6. The van der Waals surface area contributed by atoms with Gasteiger partial charge >= 0.3 is 6.09 Å². The number of rotatable bonds is 6. The second kappa shape index (κ2) is 7.31. The number of hydrogen-bond donors (Lipinski definition) is 3. The summed E-state index contributed by atoms with van der Waals surface area (Å²) in [5.41, 5.74) is 1.97. The van der Waals surface area contributed by atoms with Crippen LogP contribution in [-0.2, 0) is 11.3 Å². The minimum Gasteiger partial charge on any atom is -0.444 e. The lowest BCUT2D eigenvalue weighted by Gasteiger charge is -2.19. The summed E-state index contributed by atoms with van der Waals surface area (Å²) in [5, 5.41) is 7.40. The van der Waals surface area contributed by atoms with Crippen LogP contribution in [0.3, 0.4) is 0 Å². The van der Waals surface area contributed by atoms with Crippen molar-refractivity contribution in [1.29, 1.82) is 0 Å². The number of carbonyl (C=O) groups is 1. The zero-order chi connectivity index (χ0) is 16.0. The number of amides is 1. The van der Waals surface area contributed by atoms with Crippen molar-refractivity contribution in [2.45, 2.75) is 39.3 Å². The van der Waals surface area contributed by atoms with Crippen LogP contribution >= 0.6 is 0 Å². The third kappa shape index (κ3) is 5.07. The third-order valence-corrected chi connectivity index (χ3v) is 3.19. The molecule has 1 heterocycles. The molecule has 1 aromatic carbocycles. The van der Waals surface area contributed by atoms with Crippen molar-refractivity contribution in [2.75, 3.05) is 13.1 Å². The van der Waals surface area contributed by atoms with Crippen LogP contribution in [0.15, 0.2) is 30.5 Å². The molecule has 5 nitrogen and oxygen atoms in total. The summed E-state index contributed by atoms with van der Waals surface area (Å²) in [6, 6.07) is 8.26. The SMILES string of the molecule is CC(C)(C)OC(=O)NCCCNCc1c[nH]c2ccccc12. The average molecular weight is 303 g/mol. The summed E-state index contributed by atoms with van der Waals surface area (Å²) in [5.74, 6) is 0. The molecule has 1 aromatic heterocycles. The van der Waals surface area contributed by atoms with Crippen molar-refractivity contribution >= 4 is 17.0 Å². The van der Waals surface area contributed by atoms with Crippen LogP contribution in [-0.4, -0.2) is 29.8 Å². The second-order valence-corrected chi connectivity index (χ2v) is 6.32. The van der Waals surface area contributed by atoms with E-state index in [9.17, 15) is 4.79 Å². The van der Waals surface area contributed by atoms with Crippen LogP contribution in [0.1, 0.15) is 32.8 Å². The summed E-state index contributed by atoms with van der Waals surface area (Å²) >= 11 is 0. The van der Waals surface area contributed by atoms with Crippen LogP contribution in [0.2, 0.25) is 0 Å². The van der Waals surface area contributed by atoms with Crippen molar-refractivity contribution < 1.29 is 9.53 Å². The van der Waals surface area contributed by atoms with E-state index < -0.39 is 5.60 Å². The van der Waals surface area contributed by atoms with Gasteiger partial charge in [-0.15, -0.1) is 0 Å². The highest BCUT2D eigenvalue weighted by Gasteiger charge is 2.15. The molecule has 0 radical (unpaired) electrons. The van der Waals surface area contributed by atoms with E-state index in [4.69, 9.17) is 4.74 Å². The third-order valence-electron chi connectivity index (χ3n) is 3.19. The molecule has 0 unspecified atom stereocenters. The predicted molar refractivity (Wildman–Crippen MR) is 88.9 cm³/mol. The quantitative estimate of drug-likeness (QED) is 0.718. The van der Waals surface area contributed by atoms with E-state index in [-0.39, 0.29) is 6.09 Å². The molecule has 5 heteroatoms. The van der Waals surface area contributed by atoms with Crippen molar-refractivity contribution in [1.82, 2.24) is 15.6 Å². The van der Waals surface area contributed by atoms with Crippen LogP contribution in [0, 0.1) is 0 Å². The molecule has 2 rings (SSSR count). The van der Waals surface area contributed by atoms with Gasteiger partial charge in [0.25, 0.3) is 0 Å². The van der Waals surface area contributed by atoms with E-state index in [1.807, 2.05) is 39.1 Å². The van der Waals surface area contributed by atoms with Gasteiger partial charge in [-0.25, -0.2) is 4.79 Å². The Kier molecular flexibility index (Phi) is 5.44. The van der Waals surface area contributed by atoms with Crippen LogP contribution in [0.4, 0.5) is 4.79 Å². The summed E-state index contributed by atoms with van der Waals surface area (Å²) < 4.78 is 5.18. The van der Waals surface area contributed by atoms with Gasteiger partial charge in [0.1, 0.15) is 5.60 Å². The monoisotopic (exact) mass is 303 g/mol. The molecule has 22 heavy (non-hydrogen) atoms. The lowest BCUT2D eigenvalue weighted by atomic mass is 10.2. The van der Waals surface area contributed by atoms with Crippen molar-refractivity contribution in [3.05, 3.63) is 36.0 Å². The van der Waals surface area contributed by atoms with Gasteiger partial charge in [-0.05, 0) is 45.4 Å². The Morgan fingerprint density at radius 1 is 1.23 bits per heavy atom. The topological polar surface area (TPSA) is 66.2 Å². The molecule has 3 N–H and O–H groups in total. The molecular formula is C17H25N3O2. The Balaban J connectivity index is 1.63. The van der Waals surface area contributed by atoms with E-state index in [1.165, 1.54) is 10.9 Å². The van der Waals surface area contributed by atoms with Crippen LogP contribution in [0.5, 0.6) is 0 Å². The lowest BCUT2D eigenvalue weighted by Crippen LogP contribution is -2.33. The summed E-state index contributed by atoms with van der Waals surface area (Å²) in [7, 11) is 0. The number of fused-ring (bicyclic) bond motifs is 1. The first kappa shape index (κ1) is 16.4. The fraction of sp³-hybridized carbons (Fsp3) is 0.471.